The van der Waals surface area contributed by atoms with Crippen molar-refractivity contribution in [1.29, 1.82) is 0 Å². The van der Waals surface area contributed by atoms with E-state index in [2.05, 4.69) is 9.67 Å². The first-order valence-corrected chi connectivity index (χ1v) is 5.50. The highest BCUT2D eigenvalue weighted by atomic mass is 32.1. The van der Waals surface area contributed by atoms with Crippen LogP contribution in [0.3, 0.4) is 0 Å². The Morgan fingerprint density at radius 2 is 2.38 bits per heavy atom. The normalized spacial score (nSPS) is 10.6. The lowest BCUT2D eigenvalue weighted by Crippen LogP contribution is -2.16. The van der Waals surface area contributed by atoms with E-state index in [1.807, 2.05) is 37.8 Å². The predicted octanol–water partition coefficient (Wildman–Crippen LogP) is 1.10. The minimum absolute atomic E-state index is 0.441. The van der Waals surface area contributed by atoms with Crippen molar-refractivity contribution in [2.75, 3.05) is 0 Å². The Hall–Kier alpha value is -1.62. The average molecular weight is 234 g/mol. The summed E-state index contributed by atoms with van der Waals surface area (Å²) in [5, 5.41) is 4.13. The summed E-state index contributed by atoms with van der Waals surface area (Å²) in [6.07, 6.45) is 6.82. The van der Waals surface area contributed by atoms with E-state index in [0.29, 0.717) is 4.99 Å². The van der Waals surface area contributed by atoms with Crippen molar-refractivity contribution in [3.05, 3.63) is 42.0 Å². The van der Waals surface area contributed by atoms with Crippen LogP contribution in [0.1, 0.15) is 11.3 Å². The molecule has 0 fully saturated rings. The number of thiocarbonyl (C=S) groups is 1. The molecule has 16 heavy (non-hydrogen) atoms. The highest BCUT2D eigenvalue weighted by Crippen LogP contribution is 2.05. The van der Waals surface area contributed by atoms with Crippen LogP contribution in [0.25, 0.3) is 0 Å². The van der Waals surface area contributed by atoms with Crippen LogP contribution in [0.15, 0.2) is 30.7 Å². The molecule has 0 spiro atoms. The quantitative estimate of drug-likeness (QED) is 0.806. The van der Waals surface area contributed by atoms with E-state index in [1.165, 1.54) is 5.56 Å². The number of nitrogens with zero attached hydrogens (tertiary/aromatic N) is 3. The van der Waals surface area contributed by atoms with Gasteiger partial charge in [0.15, 0.2) is 0 Å². The molecule has 0 atom stereocenters. The summed E-state index contributed by atoms with van der Waals surface area (Å²) in [4.78, 5) is 0.441. The summed E-state index contributed by atoms with van der Waals surface area (Å²) in [5.41, 5.74) is 7.75. The Bertz CT molecular complexity index is 498. The van der Waals surface area contributed by atoms with Crippen LogP contribution >= 0.6 is 12.2 Å². The monoisotopic (exact) mass is 234 g/mol. The Morgan fingerprint density at radius 1 is 1.56 bits per heavy atom. The van der Waals surface area contributed by atoms with E-state index in [0.717, 1.165) is 18.7 Å². The molecular weight excluding hydrogens is 220 g/mol. The second-order valence-corrected chi connectivity index (χ2v) is 4.16. The van der Waals surface area contributed by atoms with Crippen molar-refractivity contribution in [2.45, 2.75) is 13.0 Å². The van der Waals surface area contributed by atoms with Gasteiger partial charge in [-0.1, -0.05) is 12.2 Å². The van der Waals surface area contributed by atoms with Gasteiger partial charge in [0, 0.05) is 26.0 Å². The molecule has 0 saturated heterocycles. The Labute approximate surface area is 99.7 Å². The van der Waals surface area contributed by atoms with Gasteiger partial charge in [0.1, 0.15) is 4.99 Å². The molecule has 2 rings (SSSR count). The van der Waals surface area contributed by atoms with Gasteiger partial charge in [0.05, 0.1) is 11.9 Å². The van der Waals surface area contributed by atoms with Gasteiger partial charge in [-0.2, -0.15) is 5.10 Å². The average Bonchev–Trinajstić information content (AvgIpc) is 2.83. The molecule has 84 valence electrons. The number of nitrogens with two attached hydrogens (primary N) is 1. The molecule has 0 radical (unpaired) electrons. The van der Waals surface area contributed by atoms with Crippen LogP contribution in [-0.2, 0) is 20.0 Å². The Kier molecular flexibility index (Phi) is 3.05. The molecule has 0 aliphatic rings. The predicted molar refractivity (Wildman–Crippen MR) is 67.2 cm³/mol. The van der Waals surface area contributed by atoms with Crippen LogP contribution in [0.2, 0.25) is 0 Å². The molecule has 0 bridgehead atoms. The van der Waals surface area contributed by atoms with Crippen LogP contribution in [0, 0.1) is 0 Å². The molecule has 2 heterocycles. The minimum Gasteiger partial charge on any atom is -0.388 e. The molecule has 5 heteroatoms. The summed E-state index contributed by atoms with van der Waals surface area (Å²) in [5.74, 6) is 0. The van der Waals surface area contributed by atoms with Gasteiger partial charge in [0.2, 0.25) is 0 Å². The van der Waals surface area contributed by atoms with E-state index < -0.39 is 0 Å². The van der Waals surface area contributed by atoms with Gasteiger partial charge in [0.25, 0.3) is 0 Å². The third-order valence-corrected chi connectivity index (χ3v) is 2.69. The zero-order valence-corrected chi connectivity index (χ0v) is 9.94. The van der Waals surface area contributed by atoms with Crippen LogP contribution < -0.4 is 5.73 Å². The lowest BCUT2D eigenvalue weighted by molar-refractivity contribution is 0.695. The summed E-state index contributed by atoms with van der Waals surface area (Å²) in [6, 6.07) is 3.89. The van der Waals surface area contributed by atoms with Gasteiger partial charge >= 0.3 is 0 Å². The first-order chi connectivity index (χ1) is 7.66. The second-order valence-electron chi connectivity index (χ2n) is 3.72. The van der Waals surface area contributed by atoms with E-state index in [1.54, 1.807) is 4.68 Å². The molecule has 0 amide bonds. The van der Waals surface area contributed by atoms with Gasteiger partial charge in [-0.05, 0) is 24.1 Å². The fourth-order valence-corrected chi connectivity index (χ4v) is 1.87. The number of rotatable bonds is 4. The first-order valence-electron chi connectivity index (χ1n) is 5.09. The molecule has 0 saturated carbocycles. The van der Waals surface area contributed by atoms with E-state index in [-0.39, 0.29) is 0 Å². The summed E-state index contributed by atoms with van der Waals surface area (Å²) < 4.78 is 3.87. The highest BCUT2D eigenvalue weighted by molar-refractivity contribution is 7.80. The third kappa shape index (κ3) is 2.30. The van der Waals surface area contributed by atoms with Crippen LogP contribution in [0.5, 0.6) is 0 Å². The molecule has 0 aliphatic carbocycles. The van der Waals surface area contributed by atoms with Crippen molar-refractivity contribution in [3.63, 3.8) is 0 Å². The van der Waals surface area contributed by atoms with Crippen molar-refractivity contribution >= 4 is 17.2 Å². The van der Waals surface area contributed by atoms with Gasteiger partial charge < -0.3 is 10.3 Å². The molecular formula is C11H14N4S. The minimum atomic E-state index is 0.441. The molecule has 0 unspecified atom stereocenters. The van der Waals surface area contributed by atoms with Gasteiger partial charge in [-0.3, -0.25) is 4.68 Å². The van der Waals surface area contributed by atoms with E-state index >= 15 is 0 Å². The molecule has 2 aromatic heterocycles. The standard InChI is InChI=1S/C11H14N4S/c1-14-8-9(7-13-14)4-6-15-5-2-3-10(15)11(12)16/h2-3,5,7-8H,4,6H2,1H3,(H2,12,16). The fraction of sp³-hybridized carbons (Fsp3) is 0.273. The first kappa shape index (κ1) is 10.9. The maximum Gasteiger partial charge on any atom is 0.120 e. The zero-order valence-electron chi connectivity index (χ0n) is 9.13. The van der Waals surface area contributed by atoms with Crippen molar-refractivity contribution in [1.82, 2.24) is 14.3 Å². The van der Waals surface area contributed by atoms with Gasteiger partial charge in [-0.25, -0.2) is 0 Å². The Morgan fingerprint density at radius 3 is 3.00 bits per heavy atom. The maximum absolute atomic E-state index is 5.63. The second kappa shape index (κ2) is 4.49. The fourth-order valence-electron chi connectivity index (χ4n) is 1.68. The summed E-state index contributed by atoms with van der Waals surface area (Å²) in [7, 11) is 1.92. The topological polar surface area (TPSA) is 48.8 Å². The lowest BCUT2D eigenvalue weighted by Gasteiger charge is -2.06. The van der Waals surface area contributed by atoms with Crippen molar-refractivity contribution in [3.8, 4) is 0 Å². The van der Waals surface area contributed by atoms with Gasteiger partial charge in [-0.15, -0.1) is 0 Å². The zero-order chi connectivity index (χ0) is 11.5. The largest absolute Gasteiger partial charge is 0.388 e. The molecule has 0 aliphatic heterocycles. The number of hydrogen-bond donors (Lipinski definition) is 1. The molecule has 2 N–H and O–H groups in total. The van der Waals surface area contributed by atoms with E-state index in [9.17, 15) is 0 Å². The van der Waals surface area contributed by atoms with Crippen LogP contribution in [-0.4, -0.2) is 19.3 Å². The highest BCUT2D eigenvalue weighted by Gasteiger charge is 2.04. The maximum atomic E-state index is 5.63. The summed E-state index contributed by atoms with van der Waals surface area (Å²) >= 11 is 4.98. The third-order valence-electron chi connectivity index (χ3n) is 2.48. The number of aromatic nitrogens is 3. The number of hydrogen-bond acceptors (Lipinski definition) is 2. The lowest BCUT2D eigenvalue weighted by atomic mass is 10.2. The van der Waals surface area contributed by atoms with Crippen molar-refractivity contribution < 1.29 is 0 Å². The van der Waals surface area contributed by atoms with Crippen molar-refractivity contribution in [2.24, 2.45) is 12.8 Å². The van der Waals surface area contributed by atoms with Crippen LogP contribution in [0.4, 0.5) is 0 Å². The Balaban J connectivity index is 2.04. The smallest absolute Gasteiger partial charge is 0.120 e. The number of aryl methyl sites for hydroxylation is 3. The SMILES string of the molecule is Cn1cc(CCn2cccc2C(N)=S)cn1. The molecule has 4 nitrogen and oxygen atoms in total. The molecule has 0 aromatic carbocycles. The molecule has 2 aromatic rings. The summed E-state index contributed by atoms with van der Waals surface area (Å²) in [6.45, 7) is 0.866. The van der Waals surface area contributed by atoms with E-state index in [4.69, 9.17) is 18.0 Å².